The molecular formula is C21H25ClN2O6S. The van der Waals surface area contributed by atoms with Gasteiger partial charge in [-0.05, 0) is 36.8 Å². The van der Waals surface area contributed by atoms with Crippen molar-refractivity contribution in [1.29, 1.82) is 0 Å². The van der Waals surface area contributed by atoms with E-state index in [2.05, 4.69) is 5.32 Å². The number of rotatable bonds is 8. The topological polar surface area (TPSA) is 94.2 Å². The molecule has 168 valence electrons. The Labute approximate surface area is 187 Å². The number of carbonyl (C=O) groups is 1. The molecule has 1 heterocycles. The number of anilines is 1. The molecule has 0 fully saturated rings. The molecule has 0 spiro atoms. The fourth-order valence-electron chi connectivity index (χ4n) is 3.37. The van der Waals surface area contributed by atoms with Crippen LogP contribution in [0, 0.1) is 0 Å². The lowest BCUT2D eigenvalue weighted by Crippen LogP contribution is -2.51. The summed E-state index contributed by atoms with van der Waals surface area (Å²) >= 11 is 6.09. The zero-order chi connectivity index (χ0) is 22.6. The first-order chi connectivity index (χ1) is 14.7. The molecule has 0 radical (unpaired) electrons. The summed E-state index contributed by atoms with van der Waals surface area (Å²) in [4.78, 5) is 13.0. The van der Waals surface area contributed by atoms with Crippen LogP contribution < -0.4 is 23.8 Å². The Kier molecular flexibility index (Phi) is 7.17. The minimum atomic E-state index is -3.83. The van der Waals surface area contributed by atoms with Gasteiger partial charge in [-0.2, -0.15) is 0 Å². The van der Waals surface area contributed by atoms with E-state index in [0.717, 1.165) is 10.6 Å². The lowest BCUT2D eigenvalue weighted by atomic mass is 10.1. The van der Waals surface area contributed by atoms with Gasteiger partial charge in [0.2, 0.25) is 15.9 Å². The predicted molar refractivity (Wildman–Crippen MR) is 119 cm³/mol. The first kappa shape index (κ1) is 23.0. The van der Waals surface area contributed by atoms with Gasteiger partial charge in [-0.3, -0.25) is 9.10 Å². The Morgan fingerprint density at radius 3 is 2.65 bits per heavy atom. The van der Waals surface area contributed by atoms with Crippen LogP contribution in [0.15, 0.2) is 42.5 Å². The third kappa shape index (κ3) is 5.34. The number of benzene rings is 2. The predicted octanol–water partition coefficient (Wildman–Crippen LogP) is 2.85. The van der Waals surface area contributed by atoms with E-state index in [0.29, 0.717) is 22.3 Å². The van der Waals surface area contributed by atoms with Crippen molar-refractivity contribution in [3.05, 3.63) is 47.5 Å². The molecule has 0 bridgehead atoms. The molecule has 3 rings (SSSR count). The number of para-hydroxylation sites is 2. The first-order valence-corrected chi connectivity index (χ1v) is 12.0. The number of sulfonamides is 1. The van der Waals surface area contributed by atoms with Gasteiger partial charge in [0.15, 0.2) is 11.5 Å². The largest absolute Gasteiger partial charge is 0.495 e. The number of hydrogen-bond donors (Lipinski definition) is 1. The summed E-state index contributed by atoms with van der Waals surface area (Å²) < 4.78 is 43.2. The van der Waals surface area contributed by atoms with E-state index in [1.807, 2.05) is 12.1 Å². The van der Waals surface area contributed by atoms with E-state index in [4.69, 9.17) is 25.8 Å². The van der Waals surface area contributed by atoms with Crippen molar-refractivity contribution in [2.75, 3.05) is 30.8 Å². The van der Waals surface area contributed by atoms with Crippen molar-refractivity contribution in [2.45, 2.75) is 25.5 Å². The smallest absolute Gasteiger partial charge is 0.244 e. The van der Waals surface area contributed by atoms with Crippen LogP contribution in [0.25, 0.3) is 0 Å². The molecule has 8 nitrogen and oxygen atoms in total. The quantitative estimate of drug-likeness (QED) is 0.640. The fraction of sp³-hybridized carbons (Fsp3) is 0.381. The minimum Gasteiger partial charge on any atom is -0.495 e. The summed E-state index contributed by atoms with van der Waals surface area (Å²) in [6, 6.07) is 10.9. The van der Waals surface area contributed by atoms with Crippen LogP contribution in [-0.2, 0) is 14.8 Å². The lowest BCUT2D eigenvalue weighted by Gasteiger charge is -2.32. The molecule has 1 aliphatic heterocycles. The second kappa shape index (κ2) is 9.65. The van der Waals surface area contributed by atoms with Crippen molar-refractivity contribution in [3.8, 4) is 17.2 Å². The van der Waals surface area contributed by atoms with Crippen LogP contribution >= 0.6 is 11.6 Å². The molecule has 0 aromatic heterocycles. The van der Waals surface area contributed by atoms with Gasteiger partial charge in [-0.1, -0.05) is 30.7 Å². The van der Waals surface area contributed by atoms with Gasteiger partial charge in [0.1, 0.15) is 24.5 Å². The molecule has 0 aliphatic carbocycles. The molecule has 1 N–H and O–H groups in total. The van der Waals surface area contributed by atoms with Gasteiger partial charge >= 0.3 is 0 Å². The molecule has 0 saturated carbocycles. The molecule has 2 aromatic rings. The number of hydrogen-bond acceptors (Lipinski definition) is 6. The van der Waals surface area contributed by atoms with Crippen molar-refractivity contribution in [3.63, 3.8) is 0 Å². The average molecular weight is 469 g/mol. The number of halogens is 1. The monoisotopic (exact) mass is 468 g/mol. The summed E-state index contributed by atoms with van der Waals surface area (Å²) in [5.41, 5.74) is 0.200. The number of methoxy groups -OCH3 is 1. The number of ether oxygens (including phenoxy) is 3. The second-order valence-electron chi connectivity index (χ2n) is 7.04. The molecule has 2 atom stereocenters. The summed E-state index contributed by atoms with van der Waals surface area (Å²) in [7, 11) is -2.41. The van der Waals surface area contributed by atoms with Crippen LogP contribution in [0.5, 0.6) is 17.2 Å². The zero-order valence-electron chi connectivity index (χ0n) is 17.5. The van der Waals surface area contributed by atoms with Gasteiger partial charge in [-0.15, -0.1) is 0 Å². The molecule has 1 aliphatic rings. The number of fused-ring (bicyclic) bond motifs is 1. The van der Waals surface area contributed by atoms with E-state index in [-0.39, 0.29) is 25.3 Å². The Morgan fingerprint density at radius 1 is 1.29 bits per heavy atom. The van der Waals surface area contributed by atoms with Gasteiger partial charge in [-0.25, -0.2) is 8.42 Å². The van der Waals surface area contributed by atoms with Gasteiger partial charge in [0, 0.05) is 5.02 Å². The normalized spacial score (nSPS) is 16.3. The van der Waals surface area contributed by atoms with E-state index >= 15 is 0 Å². The number of nitrogens with one attached hydrogen (secondary N) is 1. The molecule has 0 unspecified atom stereocenters. The van der Waals surface area contributed by atoms with Crippen molar-refractivity contribution < 1.29 is 27.4 Å². The van der Waals surface area contributed by atoms with E-state index in [1.165, 1.54) is 13.2 Å². The summed E-state index contributed by atoms with van der Waals surface area (Å²) in [6.07, 6.45) is 0.876. The molecular weight excluding hydrogens is 444 g/mol. The maximum atomic E-state index is 13.0. The van der Waals surface area contributed by atoms with Crippen LogP contribution in [0.4, 0.5) is 5.69 Å². The van der Waals surface area contributed by atoms with E-state index < -0.39 is 28.1 Å². The Bertz CT molecular complexity index is 1050. The third-order valence-corrected chi connectivity index (χ3v) is 6.18. The van der Waals surface area contributed by atoms with Crippen molar-refractivity contribution in [2.24, 2.45) is 0 Å². The van der Waals surface area contributed by atoms with Crippen LogP contribution in [-0.4, -0.2) is 53.0 Å². The Hall–Kier alpha value is -2.65. The highest BCUT2D eigenvalue weighted by molar-refractivity contribution is 7.92. The van der Waals surface area contributed by atoms with Gasteiger partial charge in [0.25, 0.3) is 0 Å². The second-order valence-corrected chi connectivity index (χ2v) is 9.34. The van der Waals surface area contributed by atoms with Crippen molar-refractivity contribution >= 4 is 33.2 Å². The molecule has 1 amide bonds. The van der Waals surface area contributed by atoms with Crippen molar-refractivity contribution in [1.82, 2.24) is 5.32 Å². The molecule has 10 heteroatoms. The first-order valence-electron chi connectivity index (χ1n) is 9.73. The van der Waals surface area contributed by atoms with Gasteiger partial charge in [0.05, 0.1) is 25.6 Å². The van der Waals surface area contributed by atoms with Crippen LogP contribution in [0.3, 0.4) is 0 Å². The number of amides is 1. The van der Waals surface area contributed by atoms with Crippen LogP contribution in [0.2, 0.25) is 5.02 Å². The molecule has 2 aromatic carbocycles. The molecule has 0 saturated heterocycles. The van der Waals surface area contributed by atoms with E-state index in [9.17, 15) is 13.2 Å². The van der Waals surface area contributed by atoms with Gasteiger partial charge < -0.3 is 19.5 Å². The maximum absolute atomic E-state index is 13.0. The standard InChI is InChI=1S/C21H25ClN2O6S/c1-4-16(24(31(3,26)27)17-11-14(22)9-10-18(17)28-2)21(25)23-12-15-13-29-19-7-5-6-8-20(19)30-15/h5-11,15-16H,4,12-13H2,1-3H3,(H,23,25)/t15-,16+/m0/s1. The molecule has 31 heavy (non-hydrogen) atoms. The Balaban J connectivity index is 1.78. The minimum absolute atomic E-state index is 0.161. The fourth-order valence-corrected chi connectivity index (χ4v) is 4.74. The highest BCUT2D eigenvalue weighted by atomic mass is 35.5. The zero-order valence-corrected chi connectivity index (χ0v) is 19.1. The summed E-state index contributed by atoms with van der Waals surface area (Å²) in [5.74, 6) is 1.08. The average Bonchev–Trinajstić information content (AvgIpc) is 2.74. The SMILES string of the molecule is CC[C@H](C(=O)NC[C@H]1COc2ccccc2O1)N(c1cc(Cl)ccc1OC)S(C)(=O)=O. The Morgan fingerprint density at radius 2 is 2.00 bits per heavy atom. The summed E-state index contributed by atoms with van der Waals surface area (Å²) in [6.45, 7) is 2.16. The summed E-state index contributed by atoms with van der Waals surface area (Å²) in [5, 5.41) is 3.11. The van der Waals surface area contributed by atoms with Crippen LogP contribution in [0.1, 0.15) is 13.3 Å². The number of nitrogens with zero attached hydrogens (tertiary/aromatic N) is 1. The highest BCUT2D eigenvalue weighted by Gasteiger charge is 2.34. The highest BCUT2D eigenvalue weighted by Crippen LogP contribution is 2.35. The third-order valence-electron chi connectivity index (χ3n) is 4.78. The maximum Gasteiger partial charge on any atom is 0.244 e. The number of carbonyl (C=O) groups excluding carboxylic acids is 1. The van der Waals surface area contributed by atoms with E-state index in [1.54, 1.807) is 31.2 Å². The lowest BCUT2D eigenvalue weighted by molar-refractivity contribution is -0.122.